The summed E-state index contributed by atoms with van der Waals surface area (Å²) in [5, 5.41) is 18.2. The first-order valence-corrected chi connectivity index (χ1v) is 17.2. The van der Waals surface area contributed by atoms with E-state index < -0.39 is 18.8 Å². The van der Waals surface area contributed by atoms with Crippen molar-refractivity contribution in [2.45, 2.75) is 93.2 Å². The van der Waals surface area contributed by atoms with E-state index in [2.05, 4.69) is 28.1 Å². The third-order valence-electron chi connectivity index (χ3n) is 5.79. The van der Waals surface area contributed by atoms with Gasteiger partial charge < -0.3 is 19.5 Å². The van der Waals surface area contributed by atoms with E-state index in [0.29, 0.717) is 19.0 Å². The molecule has 0 aliphatic carbocycles. The Kier molecular flexibility index (Phi) is 27.9. The van der Waals surface area contributed by atoms with Crippen LogP contribution in [-0.2, 0) is 30.8 Å². The van der Waals surface area contributed by atoms with Crippen LogP contribution in [0.4, 0.5) is 8.78 Å². The molecule has 0 fully saturated rings. The molecule has 4 aromatic carbocycles. The molecule has 4 aromatic rings. The molecule has 0 atom stereocenters. The maximum absolute atomic E-state index is 13.3. The lowest BCUT2D eigenvalue weighted by Gasteiger charge is -2.17. The van der Waals surface area contributed by atoms with Gasteiger partial charge in [0, 0.05) is 24.7 Å². The Morgan fingerprint density at radius 1 is 0.648 bits per heavy atom. The van der Waals surface area contributed by atoms with Crippen molar-refractivity contribution in [1.82, 2.24) is 0 Å². The van der Waals surface area contributed by atoms with E-state index in [1.165, 1.54) is 43.7 Å². The molecule has 0 aliphatic heterocycles. The Labute approximate surface area is 329 Å². The summed E-state index contributed by atoms with van der Waals surface area (Å²) in [6.07, 6.45) is 1.57. The molecule has 12 heteroatoms. The van der Waals surface area contributed by atoms with Gasteiger partial charge in [0.1, 0.15) is 22.8 Å². The molecule has 8 nitrogen and oxygen atoms in total. The van der Waals surface area contributed by atoms with Crippen LogP contribution in [-0.4, -0.2) is 52.9 Å². The fraction of sp³-hybridized carbons (Fsp3) is 0.333. The molecule has 0 unspecified atom stereocenters. The first-order chi connectivity index (χ1) is 24.2. The van der Waals surface area contributed by atoms with Crippen molar-refractivity contribution in [3.8, 4) is 0 Å². The maximum atomic E-state index is 13.3. The minimum absolute atomic E-state index is 0. The summed E-state index contributed by atoms with van der Waals surface area (Å²) in [5.41, 5.74) is 2.70. The molecule has 2 N–H and O–H groups in total. The van der Waals surface area contributed by atoms with Gasteiger partial charge in [-0.1, -0.05) is 104 Å². The number of halogens is 3. The summed E-state index contributed by atoms with van der Waals surface area (Å²) < 4.78 is 35.7. The van der Waals surface area contributed by atoms with Crippen molar-refractivity contribution in [2.24, 2.45) is 0 Å². The smallest absolute Gasteiger partial charge is 0.460 e. The van der Waals surface area contributed by atoms with Crippen LogP contribution in [0.2, 0.25) is 0 Å². The summed E-state index contributed by atoms with van der Waals surface area (Å²) in [6.45, 7) is 13.9. The van der Waals surface area contributed by atoms with Crippen LogP contribution in [0.15, 0.2) is 97.1 Å². The molecule has 0 amide bonds. The Morgan fingerprint density at radius 3 is 1.31 bits per heavy atom. The summed E-state index contributed by atoms with van der Waals surface area (Å²) in [4.78, 5) is 41.1. The van der Waals surface area contributed by atoms with Gasteiger partial charge in [-0.3, -0.25) is 19.2 Å². The zero-order valence-electron chi connectivity index (χ0n) is 30.9. The summed E-state index contributed by atoms with van der Waals surface area (Å²) >= 11 is 3.36. The molecule has 0 saturated heterocycles. The van der Waals surface area contributed by atoms with Crippen LogP contribution in [0.1, 0.15) is 108 Å². The number of esters is 2. The Hall–Kier alpha value is -4.52. The molecule has 0 aromatic heterocycles. The van der Waals surface area contributed by atoms with Crippen molar-refractivity contribution < 1.29 is 47.5 Å². The number of rotatable bonds is 6. The third-order valence-corrected chi connectivity index (χ3v) is 6.44. The van der Waals surface area contributed by atoms with Crippen molar-refractivity contribution in [3.05, 3.63) is 137 Å². The summed E-state index contributed by atoms with van der Waals surface area (Å²) in [5.74, 6) is -1.66. The van der Waals surface area contributed by atoms with E-state index in [-0.39, 0.29) is 54.6 Å². The second-order valence-corrected chi connectivity index (χ2v) is 13.5. The predicted molar refractivity (Wildman–Crippen MR) is 218 cm³/mol. The van der Waals surface area contributed by atoms with Crippen molar-refractivity contribution >= 4 is 53.0 Å². The minimum Gasteiger partial charge on any atom is -0.460 e. The minimum atomic E-state index is -1.71. The van der Waals surface area contributed by atoms with Gasteiger partial charge in [-0.15, -0.1) is 0 Å². The lowest BCUT2D eigenvalue weighted by molar-refractivity contribution is -0.153. The second-order valence-electron chi connectivity index (χ2n) is 12.9. The van der Waals surface area contributed by atoms with E-state index in [4.69, 9.17) is 19.5 Å². The van der Waals surface area contributed by atoms with Crippen molar-refractivity contribution in [1.29, 1.82) is 0 Å². The Bertz CT molecular complexity index is 1630. The number of alkyl halides is 1. The molecule has 0 heterocycles. The number of benzene rings is 4. The predicted octanol–water partition coefficient (Wildman–Crippen LogP) is 9.10. The molecule has 296 valence electrons. The first-order valence-electron chi connectivity index (χ1n) is 16.1. The number of hydrogen-bond acceptors (Lipinski definition) is 8. The third kappa shape index (κ3) is 27.1. The van der Waals surface area contributed by atoms with Gasteiger partial charge in [-0.25, -0.2) is 8.78 Å². The van der Waals surface area contributed by atoms with Crippen molar-refractivity contribution in [3.63, 3.8) is 0 Å². The van der Waals surface area contributed by atoms with Gasteiger partial charge >= 0.3 is 19.1 Å². The van der Waals surface area contributed by atoms with E-state index in [1.807, 2.05) is 90.1 Å². The highest BCUT2D eigenvalue weighted by molar-refractivity contribution is 9.08. The van der Waals surface area contributed by atoms with E-state index in [0.717, 1.165) is 22.5 Å². The Balaban J connectivity index is -0.000000618. The average molecular weight is 818 g/mol. The van der Waals surface area contributed by atoms with Crippen LogP contribution >= 0.6 is 15.9 Å². The van der Waals surface area contributed by atoms with Gasteiger partial charge in [-0.2, -0.15) is 0 Å². The van der Waals surface area contributed by atoms with Gasteiger partial charge in [0.25, 0.3) is 0 Å². The van der Waals surface area contributed by atoms with Crippen LogP contribution < -0.4 is 5.46 Å². The van der Waals surface area contributed by atoms with Gasteiger partial charge in [0.2, 0.25) is 0 Å². The number of carbonyl (C=O) groups is 4. The first kappa shape index (κ1) is 53.8. The molecule has 0 aliphatic rings. The van der Waals surface area contributed by atoms with Crippen molar-refractivity contribution in [2.75, 3.05) is 0 Å². The molecule has 0 bridgehead atoms. The quantitative estimate of drug-likeness (QED) is 0.0855. The topological polar surface area (TPSA) is 127 Å². The van der Waals surface area contributed by atoms with E-state index in [1.54, 1.807) is 6.07 Å². The number of ether oxygens (including phenoxy) is 2. The van der Waals surface area contributed by atoms with Crippen LogP contribution in [0, 0.1) is 11.6 Å². The van der Waals surface area contributed by atoms with E-state index >= 15 is 0 Å². The maximum Gasteiger partial charge on any atom is 0.488 e. The van der Waals surface area contributed by atoms with Crippen LogP contribution in [0.3, 0.4) is 0 Å². The van der Waals surface area contributed by atoms with E-state index in [9.17, 15) is 28.0 Å². The highest BCUT2D eigenvalue weighted by Gasteiger charge is 2.13. The monoisotopic (exact) mass is 816 g/mol. The number of carbonyl (C=O) groups excluding carboxylic acids is 4. The normalized spacial score (nSPS) is 9.72. The average Bonchev–Trinajstić information content (AvgIpc) is 3.04. The standard InChI is InChI=1S/C14H11FO.C7H6BFO3.C7H7Br.2C6H12O2.2CH4/c15-14-9-12(6-7-13(14)10-16)8-11-4-2-1-3-5-11;9-7-3-6(8(11)12)2-1-5(7)4-10;8-6-7-4-2-1-3-5-7;2*1-5(7)8-6(2,3)4;;/h1-7,9-10H,8H2;1-4,11-12H;1-5H,6H2;2*1-4H3;2*1H4. The molecule has 4 rings (SSSR count). The number of hydrogen-bond donors (Lipinski definition) is 2. The lowest BCUT2D eigenvalue weighted by Crippen LogP contribution is -2.30. The lowest BCUT2D eigenvalue weighted by atomic mass is 9.80. The molecule has 0 saturated carbocycles. The van der Waals surface area contributed by atoms with Gasteiger partial charge in [-0.05, 0) is 94.4 Å². The molecule has 0 spiro atoms. The SMILES string of the molecule is BrCc1ccccc1.C.C.CC(=O)OC(C)(C)C.CC(=O)OC(C)(C)C.O=Cc1ccc(B(O)O)cc1F.O=Cc1ccc(Cc2ccccc2)cc1F. The fourth-order valence-corrected chi connectivity index (χ4v) is 4.21. The van der Waals surface area contributed by atoms with Gasteiger partial charge in [0.05, 0.1) is 5.56 Å². The van der Waals surface area contributed by atoms with Crippen LogP contribution in [0.5, 0.6) is 0 Å². The molecule has 0 radical (unpaired) electrons. The fourth-order valence-electron chi connectivity index (χ4n) is 3.84. The second kappa shape index (κ2) is 28.0. The van der Waals surface area contributed by atoms with Gasteiger partial charge in [0.15, 0.2) is 12.6 Å². The number of aldehydes is 2. The molecular weight excluding hydrogens is 761 g/mol. The molecular formula is C42H56BBrF2O8. The summed E-state index contributed by atoms with van der Waals surface area (Å²) in [7, 11) is -1.71. The highest BCUT2D eigenvalue weighted by atomic mass is 79.9. The zero-order chi connectivity index (χ0) is 39.9. The summed E-state index contributed by atoms with van der Waals surface area (Å²) in [6, 6.07) is 28.2. The largest absolute Gasteiger partial charge is 0.488 e. The highest BCUT2D eigenvalue weighted by Crippen LogP contribution is 2.13. The van der Waals surface area contributed by atoms with Crippen LogP contribution in [0.25, 0.3) is 0 Å². The Morgan fingerprint density at radius 2 is 1.04 bits per heavy atom. The molecule has 54 heavy (non-hydrogen) atoms. The zero-order valence-corrected chi connectivity index (χ0v) is 32.4.